The smallest absolute Gasteiger partial charge is 0.0936 e. The van der Waals surface area contributed by atoms with Crippen molar-refractivity contribution in [1.82, 2.24) is 0 Å². The quantitative estimate of drug-likeness (QED) is 0.532. The van der Waals surface area contributed by atoms with Crippen molar-refractivity contribution in [2.75, 3.05) is 13.2 Å². The van der Waals surface area contributed by atoms with Gasteiger partial charge in [-0.25, -0.2) is 0 Å². The maximum Gasteiger partial charge on any atom is 0.0936 e. The molecular weight excluding hydrogens is 264 g/mol. The highest BCUT2D eigenvalue weighted by Crippen LogP contribution is 2.29. The minimum atomic E-state index is 0.341. The van der Waals surface area contributed by atoms with Crippen LogP contribution in [0.2, 0.25) is 0 Å². The van der Waals surface area contributed by atoms with Crippen LogP contribution >= 0.6 is 0 Å². The molecule has 0 aromatic heterocycles. The molecule has 0 spiro atoms. The summed E-state index contributed by atoms with van der Waals surface area (Å²) in [5, 5.41) is 20.0. The van der Waals surface area contributed by atoms with Gasteiger partial charge in [0, 0.05) is 11.8 Å². The second-order valence-corrected chi connectivity index (χ2v) is 6.47. The highest BCUT2D eigenvalue weighted by atomic mass is 16.5. The summed E-state index contributed by atoms with van der Waals surface area (Å²) in [6, 6.07) is 0. The van der Waals surface area contributed by atoms with Crippen LogP contribution in [-0.2, 0) is 4.74 Å². The van der Waals surface area contributed by atoms with E-state index in [1.807, 2.05) is 0 Å². The van der Waals surface area contributed by atoms with E-state index in [4.69, 9.17) is 4.74 Å². The zero-order chi connectivity index (χ0) is 14.9. The van der Waals surface area contributed by atoms with E-state index < -0.39 is 0 Å². The summed E-state index contributed by atoms with van der Waals surface area (Å²) in [4.78, 5) is 0. The lowest BCUT2D eigenvalue weighted by atomic mass is 9.88. The van der Waals surface area contributed by atoms with Gasteiger partial charge in [0.1, 0.15) is 0 Å². The van der Waals surface area contributed by atoms with Gasteiger partial charge in [0.25, 0.3) is 0 Å². The third-order valence-electron chi connectivity index (χ3n) is 4.87. The number of allylic oxidation sites excluding steroid dienone is 2. The standard InChI is InChI=1S/C18H30O3/c19-17(15-7-3-1-4-8-15)11-13-21-14-12-18(20)16-9-5-2-6-10-16/h11-12,15-16,19-20H,1-10,13-14H2. The third-order valence-corrected chi connectivity index (χ3v) is 4.87. The van der Waals surface area contributed by atoms with E-state index in [-0.39, 0.29) is 0 Å². The van der Waals surface area contributed by atoms with Crippen LogP contribution in [0.25, 0.3) is 0 Å². The van der Waals surface area contributed by atoms with Gasteiger partial charge in [0.05, 0.1) is 24.7 Å². The summed E-state index contributed by atoms with van der Waals surface area (Å²) in [5.41, 5.74) is 0. The van der Waals surface area contributed by atoms with Gasteiger partial charge in [0.15, 0.2) is 0 Å². The average molecular weight is 294 g/mol. The van der Waals surface area contributed by atoms with Crippen LogP contribution < -0.4 is 0 Å². The van der Waals surface area contributed by atoms with Crippen LogP contribution in [-0.4, -0.2) is 23.4 Å². The fourth-order valence-corrected chi connectivity index (χ4v) is 3.49. The highest BCUT2D eigenvalue weighted by Gasteiger charge is 2.17. The van der Waals surface area contributed by atoms with E-state index in [0.717, 1.165) is 25.7 Å². The second kappa shape index (κ2) is 9.14. The zero-order valence-corrected chi connectivity index (χ0v) is 13.1. The van der Waals surface area contributed by atoms with E-state index in [9.17, 15) is 10.2 Å². The highest BCUT2D eigenvalue weighted by molar-refractivity contribution is 5.00. The summed E-state index contributed by atoms with van der Waals surface area (Å²) in [6.07, 6.45) is 15.5. The maximum absolute atomic E-state index is 10.0. The second-order valence-electron chi connectivity index (χ2n) is 6.47. The minimum Gasteiger partial charge on any atom is -0.512 e. The molecule has 0 atom stereocenters. The number of hydrogen-bond acceptors (Lipinski definition) is 3. The first-order valence-corrected chi connectivity index (χ1v) is 8.63. The summed E-state index contributed by atoms with van der Waals surface area (Å²) in [5.74, 6) is 1.67. The van der Waals surface area contributed by atoms with Gasteiger partial charge < -0.3 is 14.9 Å². The fraction of sp³-hybridized carbons (Fsp3) is 0.778. The molecule has 0 aromatic carbocycles. The number of hydrogen-bond donors (Lipinski definition) is 2. The van der Waals surface area contributed by atoms with Crippen LogP contribution in [0.1, 0.15) is 64.2 Å². The van der Waals surface area contributed by atoms with Crippen molar-refractivity contribution in [2.45, 2.75) is 64.2 Å². The largest absolute Gasteiger partial charge is 0.512 e. The van der Waals surface area contributed by atoms with Crippen molar-refractivity contribution in [3.63, 3.8) is 0 Å². The fourth-order valence-electron chi connectivity index (χ4n) is 3.49. The van der Waals surface area contributed by atoms with E-state index in [1.165, 1.54) is 38.5 Å². The lowest BCUT2D eigenvalue weighted by molar-refractivity contribution is 0.180. The molecule has 3 nitrogen and oxygen atoms in total. The Hall–Kier alpha value is -0.960. The number of ether oxygens (including phenoxy) is 1. The molecule has 2 fully saturated rings. The Morgan fingerprint density at radius 3 is 1.48 bits per heavy atom. The van der Waals surface area contributed by atoms with Crippen LogP contribution in [0.5, 0.6) is 0 Å². The molecule has 0 aliphatic heterocycles. The maximum atomic E-state index is 10.0. The Balaban J connectivity index is 1.64. The number of rotatable bonds is 6. The molecule has 21 heavy (non-hydrogen) atoms. The summed E-state index contributed by atoms with van der Waals surface area (Å²) in [7, 11) is 0. The van der Waals surface area contributed by atoms with E-state index >= 15 is 0 Å². The van der Waals surface area contributed by atoms with Gasteiger partial charge in [-0.1, -0.05) is 38.5 Å². The summed E-state index contributed by atoms with van der Waals surface area (Å²) in [6.45, 7) is 0.855. The first-order valence-electron chi connectivity index (χ1n) is 8.63. The van der Waals surface area contributed by atoms with Crippen molar-refractivity contribution in [3.8, 4) is 0 Å². The molecule has 0 amide bonds. The van der Waals surface area contributed by atoms with E-state index in [1.54, 1.807) is 12.2 Å². The van der Waals surface area contributed by atoms with Crippen molar-refractivity contribution < 1.29 is 14.9 Å². The summed E-state index contributed by atoms with van der Waals surface area (Å²) < 4.78 is 5.48. The number of aliphatic hydroxyl groups excluding tert-OH is 2. The predicted molar refractivity (Wildman–Crippen MR) is 85.4 cm³/mol. The molecule has 0 unspecified atom stereocenters. The van der Waals surface area contributed by atoms with E-state index in [2.05, 4.69) is 0 Å². The Bertz CT molecular complexity index is 313. The molecular formula is C18H30O3. The Labute approximate surface area is 128 Å². The molecule has 0 radical (unpaired) electrons. The first kappa shape index (κ1) is 16.4. The lowest BCUT2D eigenvalue weighted by Gasteiger charge is -2.21. The molecule has 3 heteroatoms. The van der Waals surface area contributed by atoms with E-state index in [0.29, 0.717) is 36.6 Å². The topological polar surface area (TPSA) is 49.7 Å². The molecule has 0 heterocycles. The predicted octanol–water partition coefficient (Wildman–Crippen LogP) is 5.05. The normalized spacial score (nSPS) is 23.4. The lowest BCUT2D eigenvalue weighted by Crippen LogP contribution is -2.10. The molecule has 0 saturated heterocycles. The average Bonchev–Trinajstić information content (AvgIpc) is 2.55. The molecule has 120 valence electrons. The molecule has 2 saturated carbocycles. The Morgan fingerprint density at radius 1 is 0.714 bits per heavy atom. The summed E-state index contributed by atoms with van der Waals surface area (Å²) >= 11 is 0. The minimum absolute atomic E-state index is 0.341. The zero-order valence-electron chi connectivity index (χ0n) is 13.1. The molecule has 2 rings (SSSR count). The Morgan fingerprint density at radius 2 is 1.10 bits per heavy atom. The first-order chi connectivity index (χ1) is 10.3. The molecule has 0 aromatic rings. The number of aliphatic hydroxyl groups is 2. The third kappa shape index (κ3) is 5.74. The van der Waals surface area contributed by atoms with Gasteiger partial charge >= 0.3 is 0 Å². The van der Waals surface area contributed by atoms with Gasteiger partial charge in [0.2, 0.25) is 0 Å². The van der Waals surface area contributed by atoms with Gasteiger partial charge in [-0.15, -0.1) is 0 Å². The van der Waals surface area contributed by atoms with Crippen LogP contribution in [0.4, 0.5) is 0 Å². The molecule has 2 aliphatic carbocycles. The van der Waals surface area contributed by atoms with Crippen LogP contribution in [0.15, 0.2) is 23.7 Å². The van der Waals surface area contributed by atoms with Crippen LogP contribution in [0, 0.1) is 11.8 Å². The Kier molecular flexibility index (Phi) is 7.14. The van der Waals surface area contributed by atoms with Crippen molar-refractivity contribution in [2.24, 2.45) is 11.8 Å². The SMILES string of the molecule is OC(=CCOCC=C(O)C1CCCCC1)C1CCCCC1. The van der Waals surface area contributed by atoms with Crippen LogP contribution in [0.3, 0.4) is 0 Å². The van der Waals surface area contributed by atoms with Crippen molar-refractivity contribution in [3.05, 3.63) is 23.7 Å². The monoisotopic (exact) mass is 294 g/mol. The molecule has 2 aliphatic rings. The van der Waals surface area contributed by atoms with Gasteiger partial charge in [-0.2, -0.15) is 0 Å². The van der Waals surface area contributed by atoms with Crippen molar-refractivity contribution in [1.29, 1.82) is 0 Å². The van der Waals surface area contributed by atoms with Gasteiger partial charge in [-0.05, 0) is 37.8 Å². The molecule has 0 bridgehead atoms. The molecule has 2 N–H and O–H groups in total. The van der Waals surface area contributed by atoms with Crippen molar-refractivity contribution >= 4 is 0 Å². The van der Waals surface area contributed by atoms with Gasteiger partial charge in [-0.3, -0.25) is 0 Å².